The molecule has 0 aliphatic carbocycles. The maximum Gasteiger partial charge on any atom is 0.316 e. The highest BCUT2D eigenvalue weighted by molar-refractivity contribution is 8.00. The average molecular weight is 259 g/mol. The van der Waals surface area contributed by atoms with Crippen molar-refractivity contribution in [3.05, 3.63) is 28.8 Å². The van der Waals surface area contributed by atoms with E-state index in [1.165, 1.54) is 11.8 Å². The minimum Gasteiger partial charge on any atom is -0.465 e. The van der Waals surface area contributed by atoms with E-state index in [1.807, 2.05) is 0 Å². The largest absolute Gasteiger partial charge is 0.465 e. The number of hydrogen-bond acceptors (Lipinski definition) is 4. The second-order valence-corrected chi connectivity index (χ2v) is 4.26. The van der Waals surface area contributed by atoms with Crippen LogP contribution in [0, 0.1) is 0 Å². The van der Waals surface area contributed by atoms with E-state index in [0.717, 1.165) is 6.29 Å². The molecule has 5 heteroatoms. The third-order valence-electron chi connectivity index (χ3n) is 1.76. The van der Waals surface area contributed by atoms with Gasteiger partial charge in [-0.05, 0) is 13.0 Å². The summed E-state index contributed by atoms with van der Waals surface area (Å²) < 4.78 is 4.79. The number of ether oxygens (including phenoxy) is 1. The fraction of sp³-hybridized carbons (Fsp3) is 0.273. The summed E-state index contributed by atoms with van der Waals surface area (Å²) in [5.41, 5.74) is 0.488. The van der Waals surface area contributed by atoms with Gasteiger partial charge in [0.15, 0.2) is 6.29 Å². The summed E-state index contributed by atoms with van der Waals surface area (Å²) in [7, 11) is 0. The van der Waals surface area contributed by atoms with E-state index >= 15 is 0 Å². The first-order chi connectivity index (χ1) is 7.69. The zero-order valence-corrected chi connectivity index (χ0v) is 10.3. The highest BCUT2D eigenvalue weighted by Crippen LogP contribution is 2.29. The molecule has 1 rings (SSSR count). The van der Waals surface area contributed by atoms with Gasteiger partial charge in [0.1, 0.15) is 0 Å². The molecule has 0 fully saturated rings. The molecule has 0 heterocycles. The van der Waals surface area contributed by atoms with E-state index in [1.54, 1.807) is 25.1 Å². The van der Waals surface area contributed by atoms with Crippen molar-refractivity contribution in [2.24, 2.45) is 0 Å². The van der Waals surface area contributed by atoms with Gasteiger partial charge in [-0.15, -0.1) is 11.8 Å². The Hall–Kier alpha value is -1.00. The highest BCUT2D eigenvalue weighted by atomic mass is 35.5. The number of benzene rings is 1. The van der Waals surface area contributed by atoms with Gasteiger partial charge in [0.2, 0.25) is 0 Å². The number of carbonyl (C=O) groups is 2. The van der Waals surface area contributed by atoms with Crippen LogP contribution in [0.3, 0.4) is 0 Å². The van der Waals surface area contributed by atoms with E-state index in [9.17, 15) is 9.59 Å². The Balaban J connectivity index is 2.72. The maximum atomic E-state index is 11.2. The second kappa shape index (κ2) is 6.55. The number of thioether (sulfide) groups is 1. The molecule has 3 nitrogen and oxygen atoms in total. The van der Waals surface area contributed by atoms with Gasteiger partial charge in [-0.3, -0.25) is 9.59 Å². The summed E-state index contributed by atoms with van der Waals surface area (Å²) >= 11 is 7.15. The third-order valence-corrected chi connectivity index (χ3v) is 3.32. The lowest BCUT2D eigenvalue weighted by atomic mass is 10.2. The highest BCUT2D eigenvalue weighted by Gasteiger charge is 2.10. The number of halogens is 1. The molecule has 0 aliphatic heterocycles. The van der Waals surface area contributed by atoms with Gasteiger partial charge in [0, 0.05) is 10.5 Å². The molecule has 0 bridgehead atoms. The van der Waals surface area contributed by atoms with Gasteiger partial charge in [-0.1, -0.05) is 23.7 Å². The summed E-state index contributed by atoms with van der Waals surface area (Å²) in [6.45, 7) is 2.09. The molecule has 0 atom stereocenters. The molecule has 1 aromatic carbocycles. The second-order valence-electron chi connectivity index (χ2n) is 2.87. The molecule has 0 unspecified atom stereocenters. The van der Waals surface area contributed by atoms with Gasteiger partial charge in [-0.25, -0.2) is 0 Å². The van der Waals surface area contributed by atoms with Crippen LogP contribution in [-0.4, -0.2) is 24.6 Å². The van der Waals surface area contributed by atoms with Crippen LogP contribution in [0.25, 0.3) is 0 Å². The predicted molar refractivity (Wildman–Crippen MR) is 64.2 cm³/mol. The van der Waals surface area contributed by atoms with E-state index in [4.69, 9.17) is 16.3 Å². The number of esters is 1. The van der Waals surface area contributed by atoms with Gasteiger partial charge >= 0.3 is 5.97 Å². The van der Waals surface area contributed by atoms with Gasteiger partial charge < -0.3 is 4.74 Å². The molecule has 0 radical (unpaired) electrons. The zero-order chi connectivity index (χ0) is 12.0. The molecule has 0 aromatic heterocycles. The van der Waals surface area contributed by atoms with Crippen LogP contribution in [0.1, 0.15) is 17.3 Å². The van der Waals surface area contributed by atoms with Crippen molar-refractivity contribution in [2.75, 3.05) is 12.4 Å². The predicted octanol–water partition coefficient (Wildman–Crippen LogP) is 2.81. The number of rotatable bonds is 5. The van der Waals surface area contributed by atoms with Gasteiger partial charge in [0.05, 0.1) is 17.4 Å². The molecule has 16 heavy (non-hydrogen) atoms. The van der Waals surface area contributed by atoms with Crippen molar-refractivity contribution >= 4 is 35.6 Å². The number of carbonyl (C=O) groups excluding carboxylic acids is 2. The normalized spacial score (nSPS) is 9.88. The molecule has 0 spiro atoms. The molecule has 0 N–H and O–H groups in total. The summed E-state index contributed by atoms with van der Waals surface area (Å²) in [4.78, 5) is 22.5. The van der Waals surface area contributed by atoms with E-state index in [0.29, 0.717) is 22.1 Å². The molecule has 1 aromatic rings. The summed E-state index contributed by atoms with van der Waals surface area (Å²) in [6, 6.07) is 5.04. The van der Waals surface area contributed by atoms with Crippen LogP contribution in [0.5, 0.6) is 0 Å². The van der Waals surface area contributed by atoms with Crippen LogP contribution in [0.15, 0.2) is 23.1 Å². The Bertz CT molecular complexity index is 393. The average Bonchev–Trinajstić information content (AvgIpc) is 2.27. The monoisotopic (exact) mass is 258 g/mol. The van der Waals surface area contributed by atoms with Crippen molar-refractivity contribution < 1.29 is 14.3 Å². The minimum atomic E-state index is -0.315. The van der Waals surface area contributed by atoms with Gasteiger partial charge in [-0.2, -0.15) is 0 Å². The Kier molecular flexibility index (Phi) is 5.35. The SMILES string of the molecule is CCOC(=O)CSc1c(Cl)cccc1C=O. The number of hydrogen-bond donors (Lipinski definition) is 0. The van der Waals surface area contributed by atoms with Gasteiger partial charge in [0.25, 0.3) is 0 Å². The summed E-state index contributed by atoms with van der Waals surface area (Å²) in [5, 5.41) is 0.471. The Labute approximate surface area is 103 Å². The van der Waals surface area contributed by atoms with Crippen molar-refractivity contribution in [3.63, 3.8) is 0 Å². The van der Waals surface area contributed by atoms with Crippen LogP contribution in [0.4, 0.5) is 0 Å². The molecular formula is C11H11ClO3S. The maximum absolute atomic E-state index is 11.2. The van der Waals surface area contributed by atoms with Crippen LogP contribution in [0.2, 0.25) is 5.02 Å². The fourth-order valence-electron chi connectivity index (χ4n) is 1.10. The minimum absolute atomic E-state index is 0.151. The lowest BCUT2D eigenvalue weighted by Gasteiger charge is -2.06. The molecule has 0 amide bonds. The van der Waals surface area contributed by atoms with E-state index in [2.05, 4.69) is 0 Å². The van der Waals surface area contributed by atoms with Crippen molar-refractivity contribution in [1.29, 1.82) is 0 Å². The van der Waals surface area contributed by atoms with Crippen LogP contribution < -0.4 is 0 Å². The fourth-order valence-corrected chi connectivity index (χ4v) is 2.28. The van der Waals surface area contributed by atoms with E-state index < -0.39 is 0 Å². The first kappa shape index (κ1) is 13.1. The van der Waals surface area contributed by atoms with Crippen LogP contribution >= 0.6 is 23.4 Å². The first-order valence-corrected chi connectivity index (χ1v) is 6.07. The van der Waals surface area contributed by atoms with Crippen molar-refractivity contribution in [2.45, 2.75) is 11.8 Å². The quantitative estimate of drug-likeness (QED) is 0.463. The molecule has 0 saturated carbocycles. The summed E-state index contributed by atoms with van der Waals surface area (Å²) in [5.74, 6) is -0.164. The Morgan fingerprint density at radius 2 is 2.31 bits per heavy atom. The lowest BCUT2D eigenvalue weighted by Crippen LogP contribution is -2.06. The first-order valence-electron chi connectivity index (χ1n) is 4.71. The van der Waals surface area contributed by atoms with E-state index in [-0.39, 0.29) is 11.7 Å². The summed E-state index contributed by atoms with van der Waals surface area (Å²) in [6.07, 6.45) is 0.722. The Morgan fingerprint density at radius 1 is 1.56 bits per heavy atom. The zero-order valence-electron chi connectivity index (χ0n) is 8.73. The Morgan fingerprint density at radius 3 is 2.94 bits per heavy atom. The third kappa shape index (κ3) is 3.54. The lowest BCUT2D eigenvalue weighted by molar-refractivity contribution is -0.139. The topological polar surface area (TPSA) is 43.4 Å². The smallest absolute Gasteiger partial charge is 0.316 e. The number of aldehydes is 1. The van der Waals surface area contributed by atoms with Crippen molar-refractivity contribution in [3.8, 4) is 0 Å². The van der Waals surface area contributed by atoms with Crippen molar-refractivity contribution in [1.82, 2.24) is 0 Å². The molecule has 0 saturated heterocycles. The van der Waals surface area contributed by atoms with Crippen LogP contribution in [-0.2, 0) is 9.53 Å². The standard InChI is InChI=1S/C11H11ClO3S/c1-2-15-10(14)7-16-11-8(6-13)4-3-5-9(11)12/h3-6H,2,7H2,1H3. The molecule has 0 aliphatic rings. The molecule has 86 valence electrons. The molecular weight excluding hydrogens is 248 g/mol.